The van der Waals surface area contributed by atoms with Crippen LogP contribution >= 0.6 is 0 Å². The second-order valence-corrected chi connectivity index (χ2v) is 4.47. The topological polar surface area (TPSA) is 47.3 Å². The standard InChI is InChI=1S/C11H24N2O/c1-9(2)11-8-10(4-7-14-11)13-6-3-5-12/h9-11,13H,3-8,12H2,1-2H3. The smallest absolute Gasteiger partial charge is 0.0612 e. The summed E-state index contributed by atoms with van der Waals surface area (Å²) in [4.78, 5) is 0. The number of hydrogen-bond acceptors (Lipinski definition) is 3. The van der Waals surface area contributed by atoms with E-state index in [2.05, 4.69) is 19.2 Å². The molecule has 0 aromatic rings. The van der Waals surface area contributed by atoms with E-state index in [0.29, 0.717) is 18.1 Å². The molecule has 2 unspecified atom stereocenters. The normalized spacial score (nSPS) is 28.3. The Morgan fingerprint density at radius 2 is 2.29 bits per heavy atom. The maximum absolute atomic E-state index is 5.71. The van der Waals surface area contributed by atoms with Crippen LogP contribution in [0.5, 0.6) is 0 Å². The van der Waals surface area contributed by atoms with E-state index in [9.17, 15) is 0 Å². The highest BCUT2D eigenvalue weighted by Crippen LogP contribution is 2.19. The van der Waals surface area contributed by atoms with Crippen molar-refractivity contribution in [3.8, 4) is 0 Å². The van der Waals surface area contributed by atoms with Gasteiger partial charge in [0, 0.05) is 12.6 Å². The zero-order valence-electron chi connectivity index (χ0n) is 9.46. The lowest BCUT2D eigenvalue weighted by molar-refractivity contribution is -0.0242. The molecule has 0 spiro atoms. The van der Waals surface area contributed by atoms with Gasteiger partial charge in [0.05, 0.1) is 6.10 Å². The summed E-state index contributed by atoms with van der Waals surface area (Å²) in [5, 5.41) is 3.55. The van der Waals surface area contributed by atoms with Gasteiger partial charge < -0.3 is 15.8 Å². The first-order chi connectivity index (χ1) is 6.74. The monoisotopic (exact) mass is 200 g/mol. The van der Waals surface area contributed by atoms with E-state index in [-0.39, 0.29) is 0 Å². The lowest BCUT2D eigenvalue weighted by Crippen LogP contribution is -2.41. The van der Waals surface area contributed by atoms with Crippen LogP contribution in [0.3, 0.4) is 0 Å². The number of nitrogens with one attached hydrogen (secondary N) is 1. The molecule has 0 saturated carbocycles. The van der Waals surface area contributed by atoms with Crippen molar-refractivity contribution in [2.75, 3.05) is 19.7 Å². The molecule has 0 radical (unpaired) electrons. The van der Waals surface area contributed by atoms with E-state index in [1.165, 1.54) is 0 Å². The van der Waals surface area contributed by atoms with E-state index in [1.54, 1.807) is 0 Å². The minimum atomic E-state index is 0.444. The summed E-state index contributed by atoms with van der Waals surface area (Å²) >= 11 is 0. The quantitative estimate of drug-likeness (QED) is 0.654. The predicted octanol–water partition coefficient (Wildman–Crippen LogP) is 1.13. The molecule has 0 amide bonds. The molecule has 14 heavy (non-hydrogen) atoms. The van der Waals surface area contributed by atoms with E-state index in [4.69, 9.17) is 10.5 Å². The lowest BCUT2D eigenvalue weighted by atomic mass is 9.95. The minimum Gasteiger partial charge on any atom is -0.378 e. The molecule has 0 bridgehead atoms. The fourth-order valence-corrected chi connectivity index (χ4v) is 1.89. The second-order valence-electron chi connectivity index (χ2n) is 4.47. The number of nitrogens with two attached hydrogens (primary N) is 1. The fraction of sp³-hybridized carbons (Fsp3) is 1.00. The van der Waals surface area contributed by atoms with Gasteiger partial charge in [0.1, 0.15) is 0 Å². The van der Waals surface area contributed by atoms with Crippen LogP contribution in [0.1, 0.15) is 33.1 Å². The van der Waals surface area contributed by atoms with E-state index >= 15 is 0 Å². The minimum absolute atomic E-state index is 0.444. The van der Waals surface area contributed by atoms with Gasteiger partial charge in [-0.15, -0.1) is 0 Å². The summed E-state index contributed by atoms with van der Waals surface area (Å²) in [6, 6.07) is 0.641. The molecule has 3 heteroatoms. The van der Waals surface area contributed by atoms with Gasteiger partial charge in [-0.2, -0.15) is 0 Å². The summed E-state index contributed by atoms with van der Waals surface area (Å²) in [6.45, 7) is 7.19. The molecule has 1 aliphatic rings. The van der Waals surface area contributed by atoms with Crippen LogP contribution in [0, 0.1) is 5.92 Å². The first kappa shape index (κ1) is 12.0. The highest BCUT2D eigenvalue weighted by Gasteiger charge is 2.23. The molecule has 1 aliphatic heterocycles. The van der Waals surface area contributed by atoms with Gasteiger partial charge in [-0.05, 0) is 38.3 Å². The molecular weight excluding hydrogens is 176 g/mol. The van der Waals surface area contributed by atoms with Crippen molar-refractivity contribution in [1.29, 1.82) is 0 Å². The van der Waals surface area contributed by atoms with Gasteiger partial charge in [0.15, 0.2) is 0 Å². The maximum atomic E-state index is 5.71. The van der Waals surface area contributed by atoms with Crippen LogP contribution in [0.15, 0.2) is 0 Å². The first-order valence-electron chi connectivity index (χ1n) is 5.79. The number of hydrogen-bond donors (Lipinski definition) is 2. The van der Waals surface area contributed by atoms with Crippen molar-refractivity contribution >= 4 is 0 Å². The van der Waals surface area contributed by atoms with E-state index in [1.807, 2.05) is 0 Å². The molecular formula is C11H24N2O. The predicted molar refractivity (Wildman–Crippen MR) is 59.3 cm³/mol. The van der Waals surface area contributed by atoms with Crippen LogP contribution in [0.2, 0.25) is 0 Å². The van der Waals surface area contributed by atoms with Gasteiger partial charge >= 0.3 is 0 Å². The molecule has 2 atom stereocenters. The Kier molecular flexibility index (Phi) is 5.45. The molecule has 3 N–H and O–H groups in total. The summed E-state index contributed by atoms with van der Waals surface area (Å²) in [5.41, 5.74) is 5.45. The van der Waals surface area contributed by atoms with Crippen molar-refractivity contribution in [3.05, 3.63) is 0 Å². The Morgan fingerprint density at radius 3 is 2.93 bits per heavy atom. The highest BCUT2D eigenvalue weighted by molar-refractivity contribution is 4.78. The molecule has 1 heterocycles. The molecule has 84 valence electrons. The first-order valence-corrected chi connectivity index (χ1v) is 5.79. The van der Waals surface area contributed by atoms with Gasteiger partial charge in [0.25, 0.3) is 0 Å². The zero-order valence-corrected chi connectivity index (χ0v) is 9.46. The number of ether oxygens (including phenoxy) is 1. The second kappa shape index (κ2) is 6.38. The van der Waals surface area contributed by atoms with Gasteiger partial charge in [0.2, 0.25) is 0 Å². The van der Waals surface area contributed by atoms with Crippen molar-refractivity contribution in [2.45, 2.75) is 45.3 Å². The van der Waals surface area contributed by atoms with Gasteiger partial charge in [-0.1, -0.05) is 13.8 Å². The Morgan fingerprint density at radius 1 is 1.50 bits per heavy atom. The van der Waals surface area contributed by atoms with Crippen molar-refractivity contribution < 1.29 is 4.74 Å². The summed E-state index contributed by atoms with van der Waals surface area (Å²) in [5.74, 6) is 0.633. The maximum Gasteiger partial charge on any atom is 0.0612 e. The molecule has 1 fully saturated rings. The molecule has 3 nitrogen and oxygen atoms in total. The third kappa shape index (κ3) is 3.95. The van der Waals surface area contributed by atoms with Gasteiger partial charge in [-0.3, -0.25) is 0 Å². The van der Waals surface area contributed by atoms with Crippen LogP contribution in [-0.2, 0) is 4.74 Å². The van der Waals surface area contributed by atoms with E-state index < -0.39 is 0 Å². The summed E-state index contributed by atoms with van der Waals surface area (Å²) in [7, 11) is 0. The molecule has 0 aromatic heterocycles. The van der Waals surface area contributed by atoms with Crippen LogP contribution in [-0.4, -0.2) is 31.8 Å². The molecule has 0 aliphatic carbocycles. The third-order valence-electron chi connectivity index (χ3n) is 2.87. The molecule has 0 aromatic carbocycles. The highest BCUT2D eigenvalue weighted by atomic mass is 16.5. The zero-order chi connectivity index (χ0) is 10.4. The average Bonchev–Trinajstić information content (AvgIpc) is 2.19. The number of rotatable bonds is 5. The largest absolute Gasteiger partial charge is 0.378 e. The van der Waals surface area contributed by atoms with Crippen molar-refractivity contribution in [3.63, 3.8) is 0 Å². The van der Waals surface area contributed by atoms with Crippen LogP contribution < -0.4 is 11.1 Å². The van der Waals surface area contributed by atoms with E-state index in [0.717, 1.165) is 39.0 Å². The SMILES string of the molecule is CC(C)C1CC(NCCCN)CCO1. The Balaban J connectivity index is 2.19. The Hall–Kier alpha value is -0.120. The fourth-order valence-electron chi connectivity index (χ4n) is 1.89. The van der Waals surface area contributed by atoms with Crippen LogP contribution in [0.4, 0.5) is 0 Å². The van der Waals surface area contributed by atoms with Gasteiger partial charge in [-0.25, -0.2) is 0 Å². The average molecular weight is 200 g/mol. The molecule has 1 rings (SSSR count). The van der Waals surface area contributed by atoms with Crippen molar-refractivity contribution in [2.24, 2.45) is 11.7 Å². The summed E-state index contributed by atoms with van der Waals surface area (Å²) < 4.78 is 5.71. The lowest BCUT2D eigenvalue weighted by Gasteiger charge is -2.32. The molecule has 1 saturated heterocycles. The van der Waals surface area contributed by atoms with Crippen molar-refractivity contribution in [1.82, 2.24) is 5.32 Å². The van der Waals surface area contributed by atoms with Crippen LogP contribution in [0.25, 0.3) is 0 Å². The third-order valence-corrected chi connectivity index (χ3v) is 2.87. The Labute approximate surface area is 87.4 Å². The Bertz CT molecular complexity index is 150. The summed E-state index contributed by atoms with van der Waals surface area (Å²) in [6.07, 6.45) is 3.82.